The average molecular weight is 455 g/mol. The molecule has 0 bridgehead atoms. The van der Waals surface area contributed by atoms with Crippen LogP contribution in [0.15, 0.2) is 133 Å². The first-order valence-electron chi connectivity index (χ1n) is 12.5. The molecule has 0 N–H and O–H groups in total. The molecule has 0 nitrogen and oxygen atoms in total. The summed E-state index contributed by atoms with van der Waals surface area (Å²) in [6.07, 6.45) is 0. The Bertz CT molecular complexity index is 1930. The van der Waals surface area contributed by atoms with Crippen LogP contribution in [0, 0.1) is 0 Å². The summed E-state index contributed by atoms with van der Waals surface area (Å²) in [4.78, 5) is 0. The second kappa shape index (κ2) is 7.41. The van der Waals surface area contributed by atoms with Gasteiger partial charge in [-0.1, -0.05) is 127 Å². The van der Waals surface area contributed by atoms with Gasteiger partial charge in [0.1, 0.15) is 0 Å². The molecule has 36 heavy (non-hydrogen) atoms. The maximum absolute atomic E-state index is 2.34. The van der Waals surface area contributed by atoms with Crippen LogP contribution < -0.4 is 0 Å². The highest BCUT2D eigenvalue weighted by Gasteiger charge is 2.22. The molecule has 7 aromatic carbocycles. The lowest BCUT2D eigenvalue weighted by molar-refractivity contribution is 1.70. The molecule has 0 amide bonds. The molecular weight excluding hydrogens is 432 g/mol. The van der Waals surface area contributed by atoms with Crippen molar-refractivity contribution in [2.75, 3.05) is 0 Å². The second-order valence-electron chi connectivity index (χ2n) is 9.67. The standard InChI is InChI=1S/C20H12.C16H10/c1-2-7-14-13(6-1)12-19-16-9-4-3-8-15(16)18-11-5-10-17(14)20(18)19;1-2-8-13-12(7-1)14-9-3-5-11-6-4-10-15(13)16(11)14/h1-12H;1-10H. The van der Waals surface area contributed by atoms with Crippen LogP contribution >= 0.6 is 0 Å². The van der Waals surface area contributed by atoms with E-state index in [0.717, 1.165) is 0 Å². The van der Waals surface area contributed by atoms with Crippen LogP contribution in [0.3, 0.4) is 0 Å². The van der Waals surface area contributed by atoms with E-state index in [1.54, 1.807) is 0 Å². The van der Waals surface area contributed by atoms with Crippen molar-refractivity contribution in [3.63, 3.8) is 0 Å². The van der Waals surface area contributed by atoms with Gasteiger partial charge in [0.2, 0.25) is 0 Å². The van der Waals surface area contributed by atoms with Crippen molar-refractivity contribution in [1.82, 2.24) is 0 Å². The van der Waals surface area contributed by atoms with Crippen LogP contribution in [0.1, 0.15) is 0 Å². The Morgan fingerprint density at radius 2 is 0.667 bits per heavy atom. The Balaban J connectivity index is 0.000000117. The topological polar surface area (TPSA) is 0 Å². The van der Waals surface area contributed by atoms with Gasteiger partial charge in [0, 0.05) is 0 Å². The maximum Gasteiger partial charge on any atom is -0.00199 e. The van der Waals surface area contributed by atoms with Crippen LogP contribution in [-0.4, -0.2) is 0 Å². The quantitative estimate of drug-likeness (QED) is 0.200. The Hall–Kier alpha value is -4.68. The summed E-state index contributed by atoms with van der Waals surface area (Å²) in [6, 6.07) is 48.2. The van der Waals surface area contributed by atoms with Gasteiger partial charge in [-0.2, -0.15) is 0 Å². The summed E-state index contributed by atoms with van der Waals surface area (Å²) < 4.78 is 0. The van der Waals surface area contributed by atoms with E-state index in [-0.39, 0.29) is 0 Å². The van der Waals surface area contributed by atoms with Crippen LogP contribution in [0.2, 0.25) is 0 Å². The van der Waals surface area contributed by atoms with Crippen LogP contribution in [-0.2, 0) is 0 Å². The van der Waals surface area contributed by atoms with E-state index in [1.165, 1.54) is 76.8 Å². The van der Waals surface area contributed by atoms with Crippen molar-refractivity contribution in [2.45, 2.75) is 0 Å². The lowest BCUT2D eigenvalue weighted by Crippen LogP contribution is -1.79. The molecule has 2 aliphatic rings. The zero-order chi connectivity index (χ0) is 23.6. The summed E-state index contributed by atoms with van der Waals surface area (Å²) in [6.45, 7) is 0. The number of hydrogen-bond donors (Lipinski definition) is 0. The van der Waals surface area contributed by atoms with E-state index in [4.69, 9.17) is 0 Å². The molecular formula is C36H22. The van der Waals surface area contributed by atoms with Crippen LogP contribution in [0.5, 0.6) is 0 Å². The average Bonchev–Trinajstić information content (AvgIpc) is 3.45. The lowest BCUT2D eigenvalue weighted by atomic mass is 9.97. The molecule has 2 aliphatic carbocycles. The Morgan fingerprint density at radius 3 is 1.31 bits per heavy atom. The summed E-state index contributed by atoms with van der Waals surface area (Å²) in [5.41, 5.74) is 11.0. The highest BCUT2D eigenvalue weighted by atomic mass is 14.2. The molecule has 7 aromatic rings. The largest absolute Gasteiger partial charge is 0.0616 e. The monoisotopic (exact) mass is 454 g/mol. The number of fused-ring (bicyclic) bond motifs is 8. The fourth-order valence-corrected chi connectivity index (χ4v) is 6.30. The van der Waals surface area contributed by atoms with Gasteiger partial charge in [0.05, 0.1) is 0 Å². The Labute approximate surface area is 210 Å². The smallest absolute Gasteiger partial charge is 0.00199 e. The van der Waals surface area contributed by atoms with Gasteiger partial charge in [0.25, 0.3) is 0 Å². The van der Waals surface area contributed by atoms with Crippen molar-refractivity contribution >= 4 is 32.3 Å². The molecule has 166 valence electrons. The van der Waals surface area contributed by atoms with E-state index in [9.17, 15) is 0 Å². The third-order valence-corrected chi connectivity index (χ3v) is 7.80. The van der Waals surface area contributed by atoms with E-state index in [2.05, 4.69) is 133 Å². The lowest BCUT2D eigenvalue weighted by Gasteiger charge is -2.07. The van der Waals surface area contributed by atoms with Crippen molar-refractivity contribution in [3.8, 4) is 44.5 Å². The summed E-state index contributed by atoms with van der Waals surface area (Å²) in [5.74, 6) is 0. The summed E-state index contributed by atoms with van der Waals surface area (Å²) >= 11 is 0. The van der Waals surface area contributed by atoms with Gasteiger partial charge < -0.3 is 0 Å². The van der Waals surface area contributed by atoms with Gasteiger partial charge in [-0.25, -0.2) is 0 Å². The highest BCUT2D eigenvalue weighted by Crippen LogP contribution is 2.49. The third kappa shape index (κ3) is 2.64. The molecule has 0 saturated heterocycles. The zero-order valence-electron chi connectivity index (χ0n) is 19.7. The van der Waals surface area contributed by atoms with E-state index < -0.39 is 0 Å². The first-order chi connectivity index (χ1) is 17.9. The van der Waals surface area contributed by atoms with Crippen molar-refractivity contribution in [3.05, 3.63) is 133 Å². The van der Waals surface area contributed by atoms with Crippen LogP contribution in [0.4, 0.5) is 0 Å². The predicted octanol–water partition coefficient (Wildman–Crippen LogP) is 10.1. The third-order valence-electron chi connectivity index (χ3n) is 7.80. The van der Waals surface area contributed by atoms with Crippen molar-refractivity contribution < 1.29 is 0 Å². The molecule has 0 heterocycles. The molecule has 0 fully saturated rings. The molecule has 0 aromatic heterocycles. The minimum Gasteiger partial charge on any atom is -0.0616 e. The molecule has 0 heteroatoms. The molecule has 0 unspecified atom stereocenters. The van der Waals surface area contributed by atoms with Crippen LogP contribution in [0.25, 0.3) is 76.8 Å². The minimum absolute atomic E-state index is 1.32. The fourth-order valence-electron chi connectivity index (χ4n) is 6.30. The minimum atomic E-state index is 1.32. The molecule has 0 atom stereocenters. The molecule has 0 aliphatic heterocycles. The summed E-state index contributed by atoms with van der Waals surface area (Å²) in [5, 5.41) is 8.20. The van der Waals surface area contributed by atoms with E-state index >= 15 is 0 Å². The van der Waals surface area contributed by atoms with Crippen molar-refractivity contribution in [2.24, 2.45) is 0 Å². The van der Waals surface area contributed by atoms with Gasteiger partial charge >= 0.3 is 0 Å². The van der Waals surface area contributed by atoms with Gasteiger partial charge in [-0.3, -0.25) is 0 Å². The first kappa shape index (κ1) is 19.6. The van der Waals surface area contributed by atoms with Crippen molar-refractivity contribution in [1.29, 1.82) is 0 Å². The normalized spacial score (nSPS) is 11.9. The van der Waals surface area contributed by atoms with Gasteiger partial charge in [-0.15, -0.1) is 0 Å². The van der Waals surface area contributed by atoms with Gasteiger partial charge in [0.15, 0.2) is 0 Å². The number of hydrogen-bond acceptors (Lipinski definition) is 0. The SMILES string of the molecule is c1ccc2c(c1)-c1cccc3c1c-2cc1ccccc13.c1ccc2c(c1)-c1cccc3cccc-2c13. The first-order valence-corrected chi connectivity index (χ1v) is 12.5. The Morgan fingerprint density at radius 1 is 0.250 bits per heavy atom. The van der Waals surface area contributed by atoms with E-state index in [0.29, 0.717) is 0 Å². The number of benzene rings is 7. The summed E-state index contributed by atoms with van der Waals surface area (Å²) in [7, 11) is 0. The molecule has 0 radical (unpaired) electrons. The molecule has 0 saturated carbocycles. The molecule has 9 rings (SSSR count). The maximum atomic E-state index is 2.34. The highest BCUT2D eigenvalue weighted by molar-refractivity contribution is 6.23. The Kier molecular flexibility index (Phi) is 4.03. The second-order valence-corrected chi connectivity index (χ2v) is 9.67. The zero-order valence-corrected chi connectivity index (χ0v) is 19.7. The number of rotatable bonds is 0. The van der Waals surface area contributed by atoms with E-state index in [1.807, 2.05) is 0 Å². The fraction of sp³-hybridized carbons (Fsp3) is 0. The molecule has 0 spiro atoms. The predicted molar refractivity (Wildman–Crippen MR) is 154 cm³/mol. The van der Waals surface area contributed by atoms with Gasteiger partial charge in [-0.05, 0) is 82.9 Å².